The molecule has 26 heavy (non-hydrogen) atoms. The molecule has 1 aromatic heterocycles. The van der Waals surface area contributed by atoms with Crippen LogP contribution in [0.4, 0.5) is 11.5 Å². The molecular weight excluding hydrogens is 348 g/mol. The number of anilines is 2. The predicted octanol–water partition coefficient (Wildman–Crippen LogP) is 4.80. The van der Waals surface area contributed by atoms with Crippen LogP contribution in [0.15, 0.2) is 42.0 Å². The molecule has 6 heteroatoms. The standard InChI is InChI=1S/C20H23ClN4O/c1-14-23-18(20(26)22-12-11-15-7-3-2-4-8-15)13-19(24-14)25-17-10-6-5-9-16(17)21/h5-7,9-10,13H,2-4,8,11-12H2,1H3,(H,22,26)(H,23,24,25). The van der Waals surface area contributed by atoms with E-state index in [9.17, 15) is 4.79 Å². The lowest BCUT2D eigenvalue weighted by atomic mass is 9.97. The van der Waals surface area contributed by atoms with Gasteiger partial charge in [0.15, 0.2) is 0 Å². The van der Waals surface area contributed by atoms with Crippen LogP contribution in [0, 0.1) is 6.92 Å². The maximum Gasteiger partial charge on any atom is 0.270 e. The molecule has 0 saturated carbocycles. The van der Waals surface area contributed by atoms with Crippen molar-refractivity contribution in [3.8, 4) is 0 Å². The van der Waals surface area contributed by atoms with Crippen LogP contribution in [0.25, 0.3) is 0 Å². The average Bonchev–Trinajstić information content (AvgIpc) is 2.64. The molecule has 0 aliphatic heterocycles. The summed E-state index contributed by atoms with van der Waals surface area (Å²) in [5.41, 5.74) is 2.53. The van der Waals surface area contributed by atoms with Gasteiger partial charge in [-0.05, 0) is 51.2 Å². The molecule has 0 saturated heterocycles. The van der Waals surface area contributed by atoms with Crippen molar-refractivity contribution in [2.45, 2.75) is 39.0 Å². The van der Waals surface area contributed by atoms with Crippen molar-refractivity contribution >= 4 is 29.0 Å². The van der Waals surface area contributed by atoms with E-state index < -0.39 is 0 Å². The van der Waals surface area contributed by atoms with Crippen LogP contribution >= 0.6 is 11.6 Å². The Bertz CT molecular complexity index is 819. The van der Waals surface area contributed by atoms with Gasteiger partial charge in [0.2, 0.25) is 0 Å². The van der Waals surface area contributed by atoms with Crippen LogP contribution in [-0.2, 0) is 0 Å². The van der Waals surface area contributed by atoms with Gasteiger partial charge in [0.1, 0.15) is 17.3 Å². The highest BCUT2D eigenvalue weighted by Crippen LogP contribution is 2.24. The molecule has 0 radical (unpaired) electrons. The second-order valence-corrected chi connectivity index (χ2v) is 6.81. The molecule has 1 heterocycles. The molecule has 5 nitrogen and oxygen atoms in total. The van der Waals surface area contributed by atoms with Crippen LogP contribution < -0.4 is 10.6 Å². The van der Waals surface area contributed by atoms with E-state index in [0.717, 1.165) is 24.9 Å². The number of benzene rings is 1. The minimum atomic E-state index is -0.186. The Kier molecular flexibility index (Phi) is 6.23. The summed E-state index contributed by atoms with van der Waals surface area (Å²) in [6.45, 7) is 2.39. The number of nitrogens with one attached hydrogen (secondary N) is 2. The minimum Gasteiger partial charge on any atom is -0.350 e. The van der Waals surface area contributed by atoms with E-state index in [4.69, 9.17) is 11.6 Å². The van der Waals surface area contributed by atoms with Gasteiger partial charge in [0, 0.05) is 12.6 Å². The number of para-hydroxylation sites is 1. The smallest absolute Gasteiger partial charge is 0.270 e. The van der Waals surface area contributed by atoms with Crippen LogP contribution in [0.3, 0.4) is 0 Å². The molecule has 0 spiro atoms. The fourth-order valence-electron chi connectivity index (χ4n) is 3.01. The molecule has 1 aliphatic carbocycles. The third-order valence-electron chi connectivity index (χ3n) is 4.32. The maximum absolute atomic E-state index is 12.4. The van der Waals surface area contributed by atoms with Crippen molar-refractivity contribution in [1.82, 2.24) is 15.3 Å². The Morgan fingerprint density at radius 1 is 1.23 bits per heavy atom. The zero-order valence-electron chi connectivity index (χ0n) is 14.9. The molecule has 0 fully saturated rings. The number of amides is 1. The number of carbonyl (C=O) groups excluding carboxylic acids is 1. The van der Waals surface area contributed by atoms with E-state index in [1.165, 1.54) is 18.4 Å². The van der Waals surface area contributed by atoms with Gasteiger partial charge in [-0.3, -0.25) is 4.79 Å². The van der Waals surface area contributed by atoms with Gasteiger partial charge in [0.25, 0.3) is 5.91 Å². The van der Waals surface area contributed by atoms with Gasteiger partial charge in [-0.25, -0.2) is 9.97 Å². The third kappa shape index (κ3) is 5.05. The first-order valence-electron chi connectivity index (χ1n) is 8.95. The lowest BCUT2D eigenvalue weighted by Crippen LogP contribution is -2.26. The highest BCUT2D eigenvalue weighted by Gasteiger charge is 2.12. The zero-order valence-corrected chi connectivity index (χ0v) is 15.6. The number of hydrogen-bond donors (Lipinski definition) is 2. The van der Waals surface area contributed by atoms with Crippen molar-refractivity contribution in [3.05, 3.63) is 58.5 Å². The molecule has 0 unspecified atom stereocenters. The predicted molar refractivity (Wildman–Crippen MR) is 105 cm³/mol. The summed E-state index contributed by atoms with van der Waals surface area (Å²) in [7, 11) is 0. The van der Waals surface area contributed by atoms with Gasteiger partial charge < -0.3 is 10.6 Å². The second-order valence-electron chi connectivity index (χ2n) is 6.40. The van der Waals surface area contributed by atoms with Crippen molar-refractivity contribution < 1.29 is 4.79 Å². The third-order valence-corrected chi connectivity index (χ3v) is 4.65. The minimum absolute atomic E-state index is 0.186. The van der Waals surface area contributed by atoms with E-state index in [1.54, 1.807) is 19.1 Å². The molecule has 1 amide bonds. The lowest BCUT2D eigenvalue weighted by molar-refractivity contribution is 0.0948. The van der Waals surface area contributed by atoms with Crippen LogP contribution in [-0.4, -0.2) is 22.4 Å². The molecule has 1 aliphatic rings. The normalized spacial score (nSPS) is 13.8. The summed E-state index contributed by atoms with van der Waals surface area (Å²) in [4.78, 5) is 21.0. The number of aryl methyl sites for hydroxylation is 1. The van der Waals surface area contributed by atoms with Crippen molar-refractivity contribution in [2.24, 2.45) is 0 Å². The van der Waals surface area contributed by atoms with Crippen LogP contribution in [0.2, 0.25) is 5.02 Å². The van der Waals surface area contributed by atoms with E-state index >= 15 is 0 Å². The second kappa shape index (κ2) is 8.81. The Morgan fingerprint density at radius 2 is 2.08 bits per heavy atom. The van der Waals surface area contributed by atoms with Gasteiger partial charge in [-0.15, -0.1) is 0 Å². The highest BCUT2D eigenvalue weighted by molar-refractivity contribution is 6.33. The van der Waals surface area contributed by atoms with Crippen molar-refractivity contribution in [3.63, 3.8) is 0 Å². The highest BCUT2D eigenvalue weighted by atomic mass is 35.5. The monoisotopic (exact) mass is 370 g/mol. The Balaban J connectivity index is 1.63. The molecule has 0 bridgehead atoms. The Labute approximate surface area is 158 Å². The van der Waals surface area contributed by atoms with E-state index in [-0.39, 0.29) is 5.91 Å². The Morgan fingerprint density at radius 3 is 2.85 bits per heavy atom. The molecular formula is C20H23ClN4O. The molecule has 1 aromatic carbocycles. The van der Waals surface area contributed by atoms with E-state index in [1.807, 2.05) is 18.2 Å². The van der Waals surface area contributed by atoms with Gasteiger partial charge in [-0.2, -0.15) is 0 Å². The topological polar surface area (TPSA) is 66.9 Å². The number of nitrogens with zero attached hydrogens (tertiary/aromatic N) is 2. The molecule has 2 N–H and O–H groups in total. The number of aromatic nitrogens is 2. The zero-order chi connectivity index (χ0) is 18.4. The van der Waals surface area contributed by atoms with Gasteiger partial charge >= 0.3 is 0 Å². The lowest BCUT2D eigenvalue weighted by Gasteiger charge is -2.13. The average molecular weight is 371 g/mol. The van der Waals surface area contributed by atoms with Gasteiger partial charge in [-0.1, -0.05) is 35.4 Å². The first-order chi connectivity index (χ1) is 12.6. The van der Waals surface area contributed by atoms with Crippen LogP contribution in [0.1, 0.15) is 48.4 Å². The number of allylic oxidation sites excluding steroid dienone is 1. The molecule has 2 aromatic rings. The fraction of sp³-hybridized carbons (Fsp3) is 0.350. The number of halogens is 1. The molecule has 0 atom stereocenters. The largest absolute Gasteiger partial charge is 0.350 e. The summed E-state index contributed by atoms with van der Waals surface area (Å²) in [5.74, 6) is 0.891. The molecule has 136 valence electrons. The van der Waals surface area contributed by atoms with E-state index in [2.05, 4.69) is 26.7 Å². The summed E-state index contributed by atoms with van der Waals surface area (Å²) in [6, 6.07) is 9.05. The SMILES string of the molecule is Cc1nc(Nc2ccccc2Cl)cc(C(=O)NCCC2=CCCCC2)n1. The van der Waals surface area contributed by atoms with Crippen LogP contribution in [0.5, 0.6) is 0 Å². The molecule has 3 rings (SSSR count). The summed E-state index contributed by atoms with van der Waals surface area (Å²) in [5, 5.41) is 6.69. The first-order valence-corrected chi connectivity index (χ1v) is 9.33. The summed E-state index contributed by atoms with van der Waals surface area (Å²) in [6.07, 6.45) is 8.04. The number of rotatable bonds is 6. The number of carbonyl (C=O) groups is 1. The summed E-state index contributed by atoms with van der Waals surface area (Å²) < 4.78 is 0. The quantitative estimate of drug-likeness (QED) is 0.716. The number of hydrogen-bond acceptors (Lipinski definition) is 4. The maximum atomic E-state index is 12.4. The first kappa shape index (κ1) is 18.4. The van der Waals surface area contributed by atoms with Crippen molar-refractivity contribution in [1.29, 1.82) is 0 Å². The Hall–Kier alpha value is -2.40. The van der Waals surface area contributed by atoms with E-state index in [0.29, 0.717) is 28.9 Å². The van der Waals surface area contributed by atoms with Crippen molar-refractivity contribution in [2.75, 3.05) is 11.9 Å². The fourth-order valence-corrected chi connectivity index (χ4v) is 3.19. The van der Waals surface area contributed by atoms with Gasteiger partial charge in [0.05, 0.1) is 10.7 Å². The summed E-state index contributed by atoms with van der Waals surface area (Å²) >= 11 is 6.17.